The fourth-order valence-electron chi connectivity index (χ4n) is 4.66. The van der Waals surface area contributed by atoms with Gasteiger partial charge in [-0.05, 0) is 85.5 Å². The van der Waals surface area contributed by atoms with E-state index in [-0.39, 0.29) is 22.4 Å². The predicted octanol–water partition coefficient (Wildman–Crippen LogP) is 6.52. The topological polar surface area (TPSA) is 83.9 Å². The third-order valence-corrected chi connectivity index (χ3v) is 8.95. The van der Waals surface area contributed by atoms with Crippen LogP contribution in [0.3, 0.4) is 0 Å². The third-order valence-electron chi connectivity index (χ3n) is 6.93. The third kappa shape index (κ3) is 8.05. The molecule has 2 atom stereocenters. The van der Waals surface area contributed by atoms with Crippen molar-refractivity contribution in [3.63, 3.8) is 0 Å². The first-order valence-electron chi connectivity index (χ1n) is 13.5. The summed E-state index contributed by atoms with van der Waals surface area (Å²) >= 11 is 6.15. The first kappa shape index (κ1) is 30.5. The molecule has 0 bridgehead atoms. The number of carbonyl (C=O) groups excluding carboxylic acids is 1. The van der Waals surface area contributed by atoms with Crippen LogP contribution in [-0.2, 0) is 27.5 Å². The number of ether oxygens (including phenoxy) is 1. The van der Waals surface area contributed by atoms with E-state index in [9.17, 15) is 18.3 Å². The van der Waals surface area contributed by atoms with Gasteiger partial charge in [0.2, 0.25) is 9.84 Å². The molecule has 4 aromatic rings. The van der Waals surface area contributed by atoms with Gasteiger partial charge in [-0.1, -0.05) is 66.2 Å². The van der Waals surface area contributed by atoms with Crippen LogP contribution in [0.5, 0.6) is 0 Å². The Kier molecular flexibility index (Phi) is 10.3. The second-order valence-electron chi connectivity index (χ2n) is 9.93. The summed E-state index contributed by atoms with van der Waals surface area (Å²) in [6, 6.07) is 30.0. The largest absolute Gasteiger partial charge is 0.462 e. The summed E-state index contributed by atoms with van der Waals surface area (Å²) in [6.45, 7) is 5.12. The van der Waals surface area contributed by atoms with Crippen molar-refractivity contribution in [2.75, 3.05) is 13.2 Å². The average Bonchev–Trinajstić information content (AvgIpc) is 2.98. The Labute approximate surface area is 247 Å². The monoisotopic (exact) mass is 591 g/mol. The minimum Gasteiger partial charge on any atom is -0.462 e. The van der Waals surface area contributed by atoms with Crippen LogP contribution in [0.15, 0.2) is 113 Å². The Hall–Kier alpha value is -3.49. The van der Waals surface area contributed by atoms with E-state index in [0.717, 1.165) is 16.7 Å². The predicted molar refractivity (Wildman–Crippen MR) is 161 cm³/mol. The molecule has 8 heteroatoms. The lowest BCUT2D eigenvalue weighted by Gasteiger charge is -2.31. The van der Waals surface area contributed by atoms with E-state index >= 15 is 0 Å². The first-order chi connectivity index (χ1) is 19.7. The van der Waals surface area contributed by atoms with Crippen molar-refractivity contribution in [1.82, 2.24) is 4.90 Å². The molecule has 41 heavy (non-hydrogen) atoms. The molecule has 4 rings (SSSR count). The number of hydrogen-bond acceptors (Lipinski definition) is 6. The highest BCUT2D eigenvalue weighted by Gasteiger charge is 2.22. The molecule has 0 radical (unpaired) electrons. The molecule has 0 spiro atoms. The van der Waals surface area contributed by atoms with Crippen LogP contribution in [0, 0.1) is 0 Å². The van der Waals surface area contributed by atoms with Crippen molar-refractivity contribution in [2.24, 2.45) is 0 Å². The van der Waals surface area contributed by atoms with Gasteiger partial charge in [0.05, 0.1) is 28.1 Å². The van der Waals surface area contributed by atoms with Crippen molar-refractivity contribution in [3.05, 3.63) is 130 Å². The standard InChI is InChI=1S/C33H34ClNO5S/c1-3-40-33(37)27-14-18-31(19-15-27)41(38,39)30-16-12-25(13-17-30)20-24(2)35(22-26-8-5-4-6-9-26)23-32(36)28-10-7-11-29(34)21-28/h4-19,21,24,32,36H,3,20,22-23H2,1-2H3/t24-,32-/m1/s1. The first-order valence-corrected chi connectivity index (χ1v) is 15.4. The average molecular weight is 592 g/mol. The summed E-state index contributed by atoms with van der Waals surface area (Å²) in [5.41, 5.74) is 3.17. The number of carbonyl (C=O) groups is 1. The van der Waals surface area contributed by atoms with Gasteiger partial charge in [-0.2, -0.15) is 0 Å². The quantitative estimate of drug-likeness (QED) is 0.189. The number of hydrogen-bond donors (Lipinski definition) is 1. The highest BCUT2D eigenvalue weighted by atomic mass is 35.5. The molecule has 1 N–H and O–H groups in total. The second kappa shape index (κ2) is 13.9. The van der Waals surface area contributed by atoms with Gasteiger partial charge in [-0.15, -0.1) is 0 Å². The zero-order valence-corrected chi connectivity index (χ0v) is 24.7. The molecule has 0 amide bonds. The molecule has 0 saturated heterocycles. The fourth-order valence-corrected chi connectivity index (χ4v) is 6.11. The van der Waals surface area contributed by atoms with Gasteiger partial charge in [0.15, 0.2) is 0 Å². The molecule has 0 heterocycles. The number of benzene rings is 4. The molecule has 214 valence electrons. The number of nitrogens with zero attached hydrogens (tertiary/aromatic N) is 1. The number of aliphatic hydroxyl groups excluding tert-OH is 1. The molecule has 4 aromatic carbocycles. The number of halogens is 1. The van der Waals surface area contributed by atoms with Crippen LogP contribution >= 0.6 is 11.6 Å². The zero-order valence-electron chi connectivity index (χ0n) is 23.1. The maximum absolute atomic E-state index is 13.2. The maximum atomic E-state index is 13.2. The Balaban J connectivity index is 1.48. The van der Waals surface area contributed by atoms with Crippen LogP contribution in [-0.4, -0.2) is 43.6 Å². The highest BCUT2D eigenvalue weighted by Crippen LogP contribution is 2.24. The fraction of sp³-hybridized carbons (Fsp3) is 0.242. The Morgan fingerprint density at radius 3 is 2.12 bits per heavy atom. The number of rotatable bonds is 12. The van der Waals surface area contributed by atoms with E-state index < -0.39 is 21.9 Å². The van der Waals surface area contributed by atoms with E-state index in [1.54, 1.807) is 31.2 Å². The molecular formula is C33H34ClNO5S. The molecular weight excluding hydrogens is 558 g/mol. The summed E-state index contributed by atoms with van der Waals surface area (Å²) < 4.78 is 31.4. The van der Waals surface area contributed by atoms with Crippen molar-refractivity contribution in [2.45, 2.75) is 48.7 Å². The minimum atomic E-state index is -3.75. The van der Waals surface area contributed by atoms with Crippen molar-refractivity contribution >= 4 is 27.4 Å². The molecule has 0 aliphatic rings. The van der Waals surface area contributed by atoms with E-state index in [4.69, 9.17) is 16.3 Å². The molecule has 6 nitrogen and oxygen atoms in total. The summed E-state index contributed by atoms with van der Waals surface area (Å²) in [5, 5.41) is 11.6. The Morgan fingerprint density at radius 2 is 1.51 bits per heavy atom. The van der Waals surface area contributed by atoms with Crippen LogP contribution < -0.4 is 0 Å². The van der Waals surface area contributed by atoms with Crippen LogP contribution in [0.25, 0.3) is 0 Å². The summed E-state index contributed by atoms with van der Waals surface area (Å²) in [4.78, 5) is 14.4. The van der Waals surface area contributed by atoms with Crippen molar-refractivity contribution in [1.29, 1.82) is 0 Å². The molecule has 0 unspecified atom stereocenters. The van der Waals surface area contributed by atoms with E-state index in [1.807, 2.05) is 42.5 Å². The highest BCUT2D eigenvalue weighted by molar-refractivity contribution is 7.91. The van der Waals surface area contributed by atoms with E-state index in [2.05, 4.69) is 24.0 Å². The lowest BCUT2D eigenvalue weighted by atomic mass is 10.0. The van der Waals surface area contributed by atoms with Gasteiger partial charge in [-0.25, -0.2) is 13.2 Å². The van der Waals surface area contributed by atoms with E-state index in [0.29, 0.717) is 30.1 Å². The van der Waals surface area contributed by atoms with Gasteiger partial charge in [0.1, 0.15) is 0 Å². The zero-order chi connectivity index (χ0) is 29.4. The summed E-state index contributed by atoms with van der Waals surface area (Å²) in [5.74, 6) is -0.490. The smallest absolute Gasteiger partial charge is 0.338 e. The number of sulfone groups is 1. The number of aliphatic hydroxyl groups is 1. The van der Waals surface area contributed by atoms with Gasteiger partial charge >= 0.3 is 5.97 Å². The SMILES string of the molecule is CCOC(=O)c1ccc(S(=O)(=O)c2ccc(C[C@@H](C)N(Cc3ccccc3)C[C@@H](O)c3cccc(Cl)c3)cc2)cc1. The van der Waals surface area contributed by atoms with E-state index in [1.165, 1.54) is 24.3 Å². The van der Waals surface area contributed by atoms with Crippen molar-refractivity contribution in [3.8, 4) is 0 Å². The van der Waals surface area contributed by atoms with Gasteiger partial charge < -0.3 is 9.84 Å². The molecule has 0 saturated carbocycles. The van der Waals surface area contributed by atoms with Crippen molar-refractivity contribution < 1.29 is 23.1 Å². The lowest BCUT2D eigenvalue weighted by molar-refractivity contribution is 0.0526. The maximum Gasteiger partial charge on any atom is 0.338 e. The minimum absolute atomic E-state index is 0.0434. The van der Waals surface area contributed by atoms with Gasteiger partial charge in [-0.3, -0.25) is 4.90 Å². The van der Waals surface area contributed by atoms with Crippen LogP contribution in [0.4, 0.5) is 0 Å². The Morgan fingerprint density at radius 1 is 0.878 bits per heavy atom. The van der Waals surface area contributed by atoms with Gasteiger partial charge in [0, 0.05) is 24.2 Å². The van der Waals surface area contributed by atoms with Crippen LogP contribution in [0.1, 0.15) is 47.0 Å². The summed E-state index contributed by atoms with van der Waals surface area (Å²) in [7, 11) is -3.75. The molecule has 0 aromatic heterocycles. The summed E-state index contributed by atoms with van der Waals surface area (Å²) in [6.07, 6.45) is -0.0634. The molecule has 0 aliphatic heterocycles. The Bertz CT molecular complexity index is 1540. The second-order valence-corrected chi connectivity index (χ2v) is 12.3. The van der Waals surface area contributed by atoms with Gasteiger partial charge in [0.25, 0.3) is 0 Å². The van der Waals surface area contributed by atoms with Crippen LogP contribution in [0.2, 0.25) is 5.02 Å². The lowest BCUT2D eigenvalue weighted by Crippen LogP contribution is -2.37. The molecule has 0 fully saturated rings. The molecule has 0 aliphatic carbocycles. The normalized spacial score (nSPS) is 13.1. The number of esters is 1.